The van der Waals surface area contributed by atoms with Crippen LogP contribution >= 0.6 is 0 Å². The maximum absolute atomic E-state index is 5.88. The van der Waals surface area contributed by atoms with E-state index in [0.717, 1.165) is 50.5 Å². The number of piperazine rings is 1. The molecule has 0 atom stereocenters. The summed E-state index contributed by atoms with van der Waals surface area (Å²) in [5, 5.41) is 8.71. The van der Waals surface area contributed by atoms with E-state index in [1.54, 1.807) is 0 Å². The molecule has 1 aromatic heterocycles. The van der Waals surface area contributed by atoms with Crippen LogP contribution in [0.3, 0.4) is 0 Å². The molecule has 2 heterocycles. The molecule has 0 amide bonds. The Kier molecular flexibility index (Phi) is 6.34. The number of hydrogen-bond acceptors (Lipinski definition) is 5. The highest BCUT2D eigenvalue weighted by Crippen LogP contribution is 2.17. The molecule has 5 nitrogen and oxygen atoms in total. The van der Waals surface area contributed by atoms with Gasteiger partial charge in [-0.15, -0.1) is 0 Å². The Morgan fingerprint density at radius 1 is 0.958 bits per heavy atom. The van der Waals surface area contributed by atoms with Gasteiger partial charge in [0.05, 0.1) is 23.6 Å². The topological polar surface area (TPSA) is 41.5 Å². The molecule has 24 heavy (non-hydrogen) atoms. The molecule has 1 aliphatic heterocycles. The van der Waals surface area contributed by atoms with Crippen LogP contribution in [0.25, 0.3) is 0 Å². The van der Waals surface area contributed by atoms with Crippen molar-refractivity contribution in [3.05, 3.63) is 23.5 Å². The third kappa shape index (κ3) is 5.80. The van der Waals surface area contributed by atoms with E-state index >= 15 is 0 Å². The lowest BCUT2D eigenvalue weighted by Gasteiger charge is -2.42. The minimum absolute atomic E-state index is 0.104. The third-order valence-electron chi connectivity index (χ3n) is 4.94. The van der Waals surface area contributed by atoms with E-state index < -0.39 is 0 Å². The molecule has 0 bridgehead atoms. The van der Waals surface area contributed by atoms with E-state index in [2.05, 4.69) is 67.6 Å². The Morgan fingerprint density at radius 2 is 1.54 bits per heavy atom. The third-order valence-corrected chi connectivity index (χ3v) is 4.94. The predicted octanol–water partition coefficient (Wildman–Crippen LogP) is 3.10. The Morgan fingerprint density at radius 3 is 2.04 bits per heavy atom. The molecule has 0 radical (unpaired) electrons. The summed E-state index contributed by atoms with van der Waals surface area (Å²) in [4.78, 5) is 5.01. The van der Waals surface area contributed by atoms with Crippen LogP contribution in [0.5, 0.6) is 0 Å². The second-order valence-corrected chi connectivity index (χ2v) is 8.35. The van der Waals surface area contributed by atoms with Crippen LogP contribution in [0.1, 0.15) is 59.4 Å². The summed E-state index contributed by atoms with van der Waals surface area (Å²) in [5.41, 5.74) is 2.10. The van der Waals surface area contributed by atoms with Crippen molar-refractivity contribution in [3.8, 4) is 0 Å². The highest BCUT2D eigenvalue weighted by atomic mass is 16.5. The van der Waals surface area contributed by atoms with Gasteiger partial charge in [-0.25, -0.2) is 0 Å². The first-order valence-corrected chi connectivity index (χ1v) is 9.12. The second-order valence-electron chi connectivity index (χ2n) is 8.35. The standard InChI is InChI=1S/C19H34N4O/c1-7-19(5,6)24-15-17-9-8-16(20-21-17)14-22-10-12-23(13-11-22)18(2,3)4/h8-9H,7,10-15H2,1-6H3. The van der Waals surface area contributed by atoms with Crippen LogP contribution < -0.4 is 0 Å². The Labute approximate surface area is 147 Å². The van der Waals surface area contributed by atoms with Gasteiger partial charge < -0.3 is 4.74 Å². The van der Waals surface area contributed by atoms with Crippen molar-refractivity contribution in [3.63, 3.8) is 0 Å². The lowest BCUT2D eigenvalue weighted by atomic mass is 10.0. The van der Waals surface area contributed by atoms with Crippen molar-refractivity contribution < 1.29 is 4.74 Å². The Bertz CT molecular complexity index is 499. The number of hydrogen-bond donors (Lipinski definition) is 0. The van der Waals surface area contributed by atoms with Gasteiger partial charge >= 0.3 is 0 Å². The minimum atomic E-state index is -0.104. The molecule has 0 saturated carbocycles. The SMILES string of the molecule is CCC(C)(C)OCc1ccc(CN2CCN(C(C)(C)C)CC2)nn1. The molecule has 5 heteroatoms. The van der Waals surface area contributed by atoms with E-state index in [-0.39, 0.29) is 11.1 Å². The fourth-order valence-electron chi connectivity index (χ4n) is 2.73. The van der Waals surface area contributed by atoms with Crippen molar-refractivity contribution in [2.75, 3.05) is 26.2 Å². The van der Waals surface area contributed by atoms with Gasteiger partial charge in [0.15, 0.2) is 0 Å². The maximum atomic E-state index is 5.88. The van der Waals surface area contributed by atoms with E-state index in [1.165, 1.54) is 0 Å². The smallest absolute Gasteiger partial charge is 0.0913 e. The summed E-state index contributed by atoms with van der Waals surface area (Å²) in [6, 6.07) is 4.13. The molecule has 1 aromatic rings. The maximum Gasteiger partial charge on any atom is 0.0913 e. The molecule has 136 valence electrons. The highest BCUT2D eigenvalue weighted by Gasteiger charge is 2.25. The van der Waals surface area contributed by atoms with Crippen LogP contribution in [-0.2, 0) is 17.9 Å². The fourth-order valence-corrected chi connectivity index (χ4v) is 2.73. The van der Waals surface area contributed by atoms with E-state index in [9.17, 15) is 0 Å². The second kappa shape index (κ2) is 7.89. The molecular formula is C19H34N4O. The van der Waals surface area contributed by atoms with E-state index in [4.69, 9.17) is 4.74 Å². The summed E-state index contributed by atoms with van der Waals surface area (Å²) in [7, 11) is 0. The van der Waals surface area contributed by atoms with Crippen LogP contribution in [0, 0.1) is 0 Å². The quantitative estimate of drug-likeness (QED) is 0.799. The van der Waals surface area contributed by atoms with Crippen molar-refractivity contribution in [2.24, 2.45) is 0 Å². The summed E-state index contributed by atoms with van der Waals surface area (Å²) < 4.78 is 5.88. The van der Waals surface area contributed by atoms with Crippen molar-refractivity contribution in [2.45, 2.75) is 72.3 Å². The largest absolute Gasteiger partial charge is 0.369 e. The van der Waals surface area contributed by atoms with Crippen molar-refractivity contribution in [1.29, 1.82) is 0 Å². The first-order valence-electron chi connectivity index (χ1n) is 9.12. The Balaban J connectivity index is 1.80. The number of aromatic nitrogens is 2. The van der Waals surface area contributed by atoms with Gasteiger partial charge in [-0.3, -0.25) is 9.80 Å². The summed E-state index contributed by atoms with van der Waals surface area (Å²) in [6.07, 6.45) is 0.985. The van der Waals surface area contributed by atoms with Gasteiger partial charge in [-0.2, -0.15) is 10.2 Å². The number of ether oxygens (including phenoxy) is 1. The molecule has 0 spiro atoms. The molecule has 0 N–H and O–H groups in total. The molecule has 2 rings (SSSR count). The Hall–Kier alpha value is -1.04. The van der Waals surface area contributed by atoms with Crippen LogP contribution in [0.4, 0.5) is 0 Å². The summed E-state index contributed by atoms with van der Waals surface area (Å²) in [6.45, 7) is 19.0. The van der Waals surface area contributed by atoms with Gasteiger partial charge in [0.2, 0.25) is 0 Å². The van der Waals surface area contributed by atoms with E-state index in [1.807, 2.05) is 6.07 Å². The monoisotopic (exact) mass is 334 g/mol. The minimum Gasteiger partial charge on any atom is -0.369 e. The highest BCUT2D eigenvalue weighted by molar-refractivity contribution is 5.06. The molecule has 1 aliphatic rings. The van der Waals surface area contributed by atoms with Gasteiger partial charge in [0, 0.05) is 38.3 Å². The van der Waals surface area contributed by atoms with Crippen LogP contribution in [0.2, 0.25) is 0 Å². The number of nitrogens with zero attached hydrogens (tertiary/aromatic N) is 4. The first kappa shape index (κ1) is 19.3. The fraction of sp³-hybridized carbons (Fsp3) is 0.789. The molecule has 0 aliphatic carbocycles. The van der Waals surface area contributed by atoms with Gasteiger partial charge in [0.1, 0.15) is 0 Å². The van der Waals surface area contributed by atoms with Crippen molar-refractivity contribution in [1.82, 2.24) is 20.0 Å². The lowest BCUT2D eigenvalue weighted by Crippen LogP contribution is -2.53. The van der Waals surface area contributed by atoms with Crippen LogP contribution in [-0.4, -0.2) is 57.3 Å². The molecule has 0 unspecified atom stereocenters. The average Bonchev–Trinajstić information content (AvgIpc) is 2.54. The summed E-state index contributed by atoms with van der Waals surface area (Å²) in [5.74, 6) is 0. The zero-order valence-electron chi connectivity index (χ0n) is 16.3. The van der Waals surface area contributed by atoms with Crippen LogP contribution in [0.15, 0.2) is 12.1 Å². The zero-order valence-corrected chi connectivity index (χ0v) is 16.3. The average molecular weight is 335 g/mol. The first-order chi connectivity index (χ1) is 11.2. The predicted molar refractivity (Wildman–Crippen MR) is 97.8 cm³/mol. The normalized spacial score (nSPS) is 18.1. The number of rotatable bonds is 6. The molecule has 0 aromatic carbocycles. The summed E-state index contributed by atoms with van der Waals surface area (Å²) >= 11 is 0. The molecular weight excluding hydrogens is 300 g/mol. The lowest BCUT2D eigenvalue weighted by molar-refractivity contribution is -0.0333. The van der Waals surface area contributed by atoms with Gasteiger partial charge in [-0.05, 0) is 53.2 Å². The van der Waals surface area contributed by atoms with Crippen molar-refractivity contribution >= 4 is 0 Å². The molecule has 1 fully saturated rings. The van der Waals surface area contributed by atoms with E-state index in [0.29, 0.717) is 6.61 Å². The molecule has 1 saturated heterocycles. The zero-order chi connectivity index (χ0) is 17.8. The van der Waals surface area contributed by atoms with Gasteiger partial charge in [0.25, 0.3) is 0 Å². The van der Waals surface area contributed by atoms with Gasteiger partial charge in [-0.1, -0.05) is 6.92 Å².